The molecular formula is C11H18N2O. The lowest BCUT2D eigenvalue weighted by Crippen LogP contribution is -2.13. The number of H-pyrrole nitrogens is 1. The minimum absolute atomic E-state index is 0.142. The molecule has 0 fully saturated rings. The number of nitrogens with one attached hydrogen (secondary N) is 1. The van der Waals surface area contributed by atoms with Crippen LogP contribution in [-0.2, 0) is 6.54 Å². The first-order chi connectivity index (χ1) is 6.43. The maximum Gasteiger partial charge on any atom is 0.161 e. The topological polar surface area (TPSA) is 36.1 Å². The van der Waals surface area contributed by atoms with Crippen LogP contribution in [0.3, 0.4) is 0 Å². The molecule has 0 saturated carbocycles. The van der Waals surface area contributed by atoms with Crippen molar-refractivity contribution in [2.24, 2.45) is 0 Å². The van der Waals surface area contributed by atoms with E-state index in [2.05, 4.69) is 9.88 Å². The van der Waals surface area contributed by atoms with Crippen LogP contribution in [0.15, 0.2) is 0 Å². The van der Waals surface area contributed by atoms with Crippen molar-refractivity contribution in [3.8, 4) is 0 Å². The molecule has 0 aliphatic rings. The highest BCUT2D eigenvalue weighted by atomic mass is 16.1. The van der Waals surface area contributed by atoms with Gasteiger partial charge in [0, 0.05) is 23.5 Å². The SMILES string of the molecule is CC(=O)c1c(C)[nH]c(C)c1CN(C)C. The zero-order chi connectivity index (χ0) is 10.9. The molecule has 78 valence electrons. The van der Waals surface area contributed by atoms with E-state index < -0.39 is 0 Å². The van der Waals surface area contributed by atoms with Gasteiger partial charge in [0.05, 0.1) is 0 Å². The Hall–Kier alpha value is -1.09. The van der Waals surface area contributed by atoms with E-state index in [1.807, 2.05) is 27.9 Å². The van der Waals surface area contributed by atoms with Crippen LogP contribution in [0.25, 0.3) is 0 Å². The molecule has 0 aromatic carbocycles. The van der Waals surface area contributed by atoms with E-state index in [9.17, 15) is 4.79 Å². The summed E-state index contributed by atoms with van der Waals surface area (Å²) >= 11 is 0. The van der Waals surface area contributed by atoms with Crippen LogP contribution in [0.2, 0.25) is 0 Å². The van der Waals surface area contributed by atoms with Gasteiger partial charge < -0.3 is 9.88 Å². The van der Waals surface area contributed by atoms with E-state index in [-0.39, 0.29) is 5.78 Å². The maximum atomic E-state index is 11.4. The van der Waals surface area contributed by atoms with Gasteiger partial charge in [-0.05, 0) is 40.4 Å². The molecule has 0 amide bonds. The molecule has 0 saturated heterocycles. The highest BCUT2D eigenvalue weighted by Gasteiger charge is 2.15. The van der Waals surface area contributed by atoms with E-state index in [0.29, 0.717) is 0 Å². The van der Waals surface area contributed by atoms with Gasteiger partial charge in [-0.25, -0.2) is 0 Å². The van der Waals surface area contributed by atoms with E-state index in [1.54, 1.807) is 6.92 Å². The van der Waals surface area contributed by atoms with Crippen LogP contribution < -0.4 is 0 Å². The van der Waals surface area contributed by atoms with Crippen molar-refractivity contribution in [3.05, 3.63) is 22.5 Å². The Balaban J connectivity index is 3.18. The van der Waals surface area contributed by atoms with E-state index in [1.165, 1.54) is 0 Å². The van der Waals surface area contributed by atoms with Crippen molar-refractivity contribution >= 4 is 5.78 Å². The first-order valence-corrected chi connectivity index (χ1v) is 4.77. The van der Waals surface area contributed by atoms with E-state index >= 15 is 0 Å². The number of rotatable bonds is 3. The first-order valence-electron chi connectivity index (χ1n) is 4.77. The van der Waals surface area contributed by atoms with Gasteiger partial charge in [-0.3, -0.25) is 4.79 Å². The summed E-state index contributed by atoms with van der Waals surface area (Å²) in [6.45, 7) is 6.39. The van der Waals surface area contributed by atoms with Crippen molar-refractivity contribution < 1.29 is 4.79 Å². The summed E-state index contributed by atoms with van der Waals surface area (Å²) in [6, 6.07) is 0. The number of aromatic amines is 1. The zero-order valence-corrected chi connectivity index (χ0v) is 9.56. The molecule has 0 radical (unpaired) electrons. The molecule has 1 heterocycles. The second-order valence-corrected chi connectivity index (χ2v) is 4.02. The summed E-state index contributed by atoms with van der Waals surface area (Å²) < 4.78 is 0. The number of nitrogens with zero attached hydrogens (tertiary/aromatic N) is 1. The normalized spacial score (nSPS) is 11.0. The Kier molecular flexibility index (Phi) is 3.11. The van der Waals surface area contributed by atoms with Crippen molar-refractivity contribution in [2.75, 3.05) is 14.1 Å². The van der Waals surface area contributed by atoms with Gasteiger partial charge in [0.15, 0.2) is 5.78 Å². The highest BCUT2D eigenvalue weighted by Crippen LogP contribution is 2.19. The molecule has 1 aromatic rings. The summed E-state index contributed by atoms with van der Waals surface area (Å²) in [4.78, 5) is 16.7. The lowest BCUT2D eigenvalue weighted by Gasteiger charge is -2.10. The van der Waals surface area contributed by atoms with Gasteiger partial charge in [0.25, 0.3) is 0 Å². The summed E-state index contributed by atoms with van der Waals surface area (Å²) in [5.41, 5.74) is 4.06. The van der Waals surface area contributed by atoms with Crippen LogP contribution in [0.4, 0.5) is 0 Å². The third-order valence-corrected chi connectivity index (χ3v) is 2.33. The molecule has 0 bridgehead atoms. The quantitative estimate of drug-likeness (QED) is 0.746. The average molecular weight is 194 g/mol. The van der Waals surface area contributed by atoms with E-state index in [0.717, 1.165) is 29.1 Å². The van der Waals surface area contributed by atoms with Crippen molar-refractivity contribution in [2.45, 2.75) is 27.3 Å². The summed E-state index contributed by atoms with van der Waals surface area (Å²) in [7, 11) is 4.01. The molecule has 3 heteroatoms. The molecule has 0 unspecified atom stereocenters. The second kappa shape index (κ2) is 3.96. The van der Waals surface area contributed by atoms with Crippen molar-refractivity contribution in [1.82, 2.24) is 9.88 Å². The van der Waals surface area contributed by atoms with Gasteiger partial charge in [-0.2, -0.15) is 0 Å². The van der Waals surface area contributed by atoms with Crippen LogP contribution in [-0.4, -0.2) is 29.8 Å². The first kappa shape index (κ1) is 11.0. The number of carbonyl (C=O) groups excluding carboxylic acids is 1. The molecular weight excluding hydrogens is 176 g/mol. The number of aromatic nitrogens is 1. The summed E-state index contributed by atoms with van der Waals surface area (Å²) in [5.74, 6) is 0.142. The highest BCUT2D eigenvalue weighted by molar-refractivity contribution is 5.97. The van der Waals surface area contributed by atoms with Crippen molar-refractivity contribution in [1.29, 1.82) is 0 Å². The number of Topliss-reactive ketones (excluding diaryl/α,β-unsaturated/α-hetero) is 1. The monoisotopic (exact) mass is 194 g/mol. The molecule has 14 heavy (non-hydrogen) atoms. The van der Waals surface area contributed by atoms with Gasteiger partial charge >= 0.3 is 0 Å². The second-order valence-electron chi connectivity index (χ2n) is 4.02. The standard InChI is InChI=1S/C11H18N2O/c1-7-10(6-13(4)5)11(9(3)14)8(2)12-7/h12H,6H2,1-5H3. The third kappa shape index (κ3) is 2.04. The number of hydrogen-bond donors (Lipinski definition) is 1. The molecule has 0 spiro atoms. The number of ketones is 1. The Morgan fingerprint density at radius 1 is 1.29 bits per heavy atom. The van der Waals surface area contributed by atoms with Crippen LogP contribution >= 0.6 is 0 Å². The lowest BCUT2D eigenvalue weighted by molar-refractivity contribution is 0.101. The fourth-order valence-corrected chi connectivity index (χ4v) is 1.82. The number of carbonyl (C=O) groups is 1. The molecule has 1 rings (SSSR count). The number of aryl methyl sites for hydroxylation is 2. The zero-order valence-electron chi connectivity index (χ0n) is 9.56. The lowest BCUT2D eigenvalue weighted by atomic mass is 10.1. The Morgan fingerprint density at radius 2 is 1.86 bits per heavy atom. The predicted octanol–water partition coefficient (Wildman–Crippen LogP) is 1.90. The van der Waals surface area contributed by atoms with Gasteiger partial charge in [0.1, 0.15) is 0 Å². The smallest absolute Gasteiger partial charge is 0.161 e. The number of hydrogen-bond acceptors (Lipinski definition) is 2. The predicted molar refractivity (Wildman–Crippen MR) is 57.7 cm³/mol. The van der Waals surface area contributed by atoms with Gasteiger partial charge in [-0.1, -0.05) is 0 Å². The minimum atomic E-state index is 0.142. The van der Waals surface area contributed by atoms with Gasteiger partial charge in [-0.15, -0.1) is 0 Å². The minimum Gasteiger partial charge on any atom is -0.362 e. The Morgan fingerprint density at radius 3 is 2.29 bits per heavy atom. The molecule has 0 aliphatic carbocycles. The van der Waals surface area contributed by atoms with Crippen molar-refractivity contribution in [3.63, 3.8) is 0 Å². The Bertz CT molecular complexity index is 350. The molecule has 1 N–H and O–H groups in total. The third-order valence-electron chi connectivity index (χ3n) is 2.33. The Labute approximate surface area is 85.1 Å². The van der Waals surface area contributed by atoms with Crippen LogP contribution in [0.5, 0.6) is 0 Å². The largest absolute Gasteiger partial charge is 0.362 e. The summed E-state index contributed by atoms with van der Waals surface area (Å²) in [5, 5.41) is 0. The average Bonchev–Trinajstić information content (AvgIpc) is 2.25. The summed E-state index contributed by atoms with van der Waals surface area (Å²) in [6.07, 6.45) is 0. The van der Waals surface area contributed by atoms with Gasteiger partial charge in [0.2, 0.25) is 0 Å². The maximum absolute atomic E-state index is 11.4. The molecule has 1 aromatic heterocycles. The molecule has 3 nitrogen and oxygen atoms in total. The fraction of sp³-hybridized carbons (Fsp3) is 0.545. The van der Waals surface area contributed by atoms with Crippen LogP contribution in [0.1, 0.15) is 34.2 Å². The van der Waals surface area contributed by atoms with Crippen LogP contribution in [0, 0.1) is 13.8 Å². The fourth-order valence-electron chi connectivity index (χ4n) is 1.82. The molecule has 0 aliphatic heterocycles. The van der Waals surface area contributed by atoms with E-state index in [4.69, 9.17) is 0 Å². The molecule has 0 atom stereocenters.